The zero-order valence-corrected chi connectivity index (χ0v) is 9.93. The normalized spacial score (nSPS) is 25.1. The van der Waals surface area contributed by atoms with Crippen molar-refractivity contribution in [1.29, 1.82) is 5.26 Å². The van der Waals surface area contributed by atoms with Crippen molar-refractivity contribution in [3.63, 3.8) is 0 Å². The van der Waals surface area contributed by atoms with Gasteiger partial charge in [0.05, 0.1) is 24.5 Å². The van der Waals surface area contributed by atoms with Gasteiger partial charge in [0.1, 0.15) is 0 Å². The lowest BCUT2D eigenvalue weighted by Crippen LogP contribution is -2.06. The summed E-state index contributed by atoms with van der Waals surface area (Å²) in [6, 6.07) is 2.20. The standard InChI is InChI=1S/C11H13N3O3/c1-4-16-10(15)8-13-9(17-14-8)7-6(5-12)11(7,2)3/h6-7H,4H2,1-3H3. The maximum absolute atomic E-state index is 11.3. The van der Waals surface area contributed by atoms with E-state index in [4.69, 9.17) is 14.5 Å². The predicted octanol–water partition coefficient (Wildman–Crippen LogP) is 1.51. The van der Waals surface area contributed by atoms with Gasteiger partial charge in [0.25, 0.3) is 5.82 Å². The van der Waals surface area contributed by atoms with Crippen molar-refractivity contribution in [1.82, 2.24) is 10.1 Å². The van der Waals surface area contributed by atoms with E-state index in [0.717, 1.165) is 0 Å². The molecule has 2 unspecified atom stereocenters. The lowest BCUT2D eigenvalue weighted by atomic mass is 10.1. The average Bonchev–Trinajstić information content (AvgIpc) is 2.66. The van der Waals surface area contributed by atoms with Crippen molar-refractivity contribution >= 4 is 5.97 Å². The number of nitriles is 1. The molecule has 6 nitrogen and oxygen atoms in total. The Labute approximate surface area is 98.6 Å². The highest BCUT2D eigenvalue weighted by Crippen LogP contribution is 2.63. The van der Waals surface area contributed by atoms with E-state index in [-0.39, 0.29) is 29.7 Å². The van der Waals surface area contributed by atoms with Gasteiger partial charge in [0.2, 0.25) is 5.89 Å². The first-order valence-corrected chi connectivity index (χ1v) is 5.42. The zero-order valence-electron chi connectivity index (χ0n) is 9.93. The van der Waals surface area contributed by atoms with Crippen LogP contribution in [0.15, 0.2) is 4.52 Å². The van der Waals surface area contributed by atoms with Crippen molar-refractivity contribution in [2.75, 3.05) is 6.61 Å². The van der Waals surface area contributed by atoms with Crippen LogP contribution in [0.4, 0.5) is 0 Å². The fourth-order valence-electron chi connectivity index (χ4n) is 1.98. The maximum atomic E-state index is 11.3. The van der Waals surface area contributed by atoms with E-state index in [1.54, 1.807) is 6.92 Å². The number of hydrogen-bond acceptors (Lipinski definition) is 6. The quantitative estimate of drug-likeness (QED) is 0.737. The molecule has 1 saturated carbocycles. The third-order valence-electron chi connectivity index (χ3n) is 3.13. The van der Waals surface area contributed by atoms with Gasteiger partial charge < -0.3 is 9.26 Å². The number of rotatable bonds is 3. The summed E-state index contributed by atoms with van der Waals surface area (Å²) in [6.45, 7) is 5.88. The molecule has 1 aromatic heterocycles. The van der Waals surface area contributed by atoms with Crippen LogP contribution in [-0.4, -0.2) is 22.7 Å². The molecule has 1 aromatic rings. The molecule has 0 aromatic carbocycles. The number of nitrogens with zero attached hydrogens (tertiary/aromatic N) is 3. The molecule has 0 N–H and O–H groups in total. The second-order valence-electron chi connectivity index (χ2n) is 4.58. The van der Waals surface area contributed by atoms with Gasteiger partial charge in [0, 0.05) is 0 Å². The second-order valence-corrected chi connectivity index (χ2v) is 4.58. The lowest BCUT2D eigenvalue weighted by Gasteiger charge is -1.95. The lowest BCUT2D eigenvalue weighted by molar-refractivity contribution is 0.0508. The first-order chi connectivity index (χ1) is 8.02. The van der Waals surface area contributed by atoms with Crippen LogP contribution >= 0.6 is 0 Å². The number of hydrogen-bond donors (Lipinski definition) is 0. The molecule has 1 heterocycles. The Hall–Kier alpha value is -1.90. The first kappa shape index (κ1) is 11.6. The molecule has 0 aliphatic heterocycles. The summed E-state index contributed by atoms with van der Waals surface area (Å²) in [6.07, 6.45) is 0. The molecule has 0 amide bonds. The molecule has 17 heavy (non-hydrogen) atoms. The van der Waals surface area contributed by atoms with Gasteiger partial charge in [-0.25, -0.2) is 4.79 Å². The molecule has 90 valence electrons. The minimum Gasteiger partial charge on any atom is -0.460 e. The Kier molecular flexibility index (Phi) is 2.62. The van der Waals surface area contributed by atoms with Gasteiger partial charge in [-0.15, -0.1) is 0 Å². The molecule has 0 bridgehead atoms. The summed E-state index contributed by atoms with van der Waals surface area (Å²) in [5.41, 5.74) is -0.173. The van der Waals surface area contributed by atoms with Crippen molar-refractivity contribution < 1.29 is 14.1 Å². The van der Waals surface area contributed by atoms with Crippen LogP contribution in [0.5, 0.6) is 0 Å². The van der Waals surface area contributed by atoms with Crippen molar-refractivity contribution in [2.24, 2.45) is 11.3 Å². The highest BCUT2D eigenvalue weighted by Gasteiger charge is 2.62. The molecule has 1 aliphatic rings. The Morgan fingerprint density at radius 2 is 2.35 bits per heavy atom. The Bertz CT molecular complexity index is 486. The van der Waals surface area contributed by atoms with Gasteiger partial charge in [0.15, 0.2) is 0 Å². The third-order valence-corrected chi connectivity index (χ3v) is 3.13. The largest absolute Gasteiger partial charge is 0.460 e. The van der Waals surface area contributed by atoms with E-state index in [0.29, 0.717) is 5.89 Å². The van der Waals surface area contributed by atoms with E-state index in [1.807, 2.05) is 13.8 Å². The predicted molar refractivity (Wildman–Crippen MR) is 55.9 cm³/mol. The van der Waals surface area contributed by atoms with E-state index in [2.05, 4.69) is 16.2 Å². The zero-order chi connectivity index (χ0) is 12.6. The minimum atomic E-state index is -0.602. The summed E-state index contributed by atoms with van der Waals surface area (Å²) in [5, 5.41) is 12.5. The second kappa shape index (κ2) is 3.84. The van der Waals surface area contributed by atoms with Crippen molar-refractivity contribution in [3.05, 3.63) is 11.7 Å². The van der Waals surface area contributed by atoms with Crippen LogP contribution in [0, 0.1) is 22.7 Å². The van der Waals surface area contributed by atoms with Gasteiger partial charge in [-0.1, -0.05) is 13.8 Å². The fourth-order valence-corrected chi connectivity index (χ4v) is 1.98. The van der Waals surface area contributed by atoms with Crippen LogP contribution in [0.25, 0.3) is 0 Å². The topological polar surface area (TPSA) is 89.0 Å². The van der Waals surface area contributed by atoms with Gasteiger partial charge >= 0.3 is 5.97 Å². The number of esters is 1. The first-order valence-electron chi connectivity index (χ1n) is 5.42. The fraction of sp³-hybridized carbons (Fsp3) is 0.636. The summed E-state index contributed by atoms with van der Waals surface area (Å²) >= 11 is 0. The van der Waals surface area contributed by atoms with E-state index >= 15 is 0 Å². The summed E-state index contributed by atoms with van der Waals surface area (Å²) in [4.78, 5) is 15.3. The van der Waals surface area contributed by atoms with Crippen LogP contribution in [0.2, 0.25) is 0 Å². The van der Waals surface area contributed by atoms with Gasteiger partial charge in [-0.3, -0.25) is 0 Å². The number of carbonyl (C=O) groups is 1. The van der Waals surface area contributed by atoms with Crippen LogP contribution in [0.1, 0.15) is 43.2 Å². The molecule has 2 rings (SSSR count). The number of aromatic nitrogens is 2. The molecule has 1 aliphatic carbocycles. The van der Waals surface area contributed by atoms with E-state index in [9.17, 15) is 4.79 Å². The SMILES string of the molecule is CCOC(=O)c1noc(C2C(C#N)C2(C)C)n1. The number of carbonyl (C=O) groups excluding carboxylic acids is 1. The van der Waals surface area contributed by atoms with Crippen LogP contribution < -0.4 is 0 Å². The Morgan fingerprint density at radius 1 is 1.65 bits per heavy atom. The molecule has 6 heteroatoms. The highest BCUT2D eigenvalue weighted by molar-refractivity contribution is 5.84. The monoisotopic (exact) mass is 235 g/mol. The summed E-state index contributed by atoms with van der Waals surface area (Å²) in [7, 11) is 0. The van der Waals surface area contributed by atoms with Crippen LogP contribution in [-0.2, 0) is 4.74 Å². The van der Waals surface area contributed by atoms with Gasteiger partial charge in [-0.2, -0.15) is 10.2 Å². The summed E-state index contributed by atoms with van der Waals surface area (Å²) in [5.74, 6) is -0.582. The van der Waals surface area contributed by atoms with Gasteiger partial charge in [-0.05, 0) is 17.5 Å². The third kappa shape index (κ3) is 1.78. The molecular formula is C11H13N3O3. The van der Waals surface area contributed by atoms with E-state index < -0.39 is 5.97 Å². The van der Waals surface area contributed by atoms with Crippen molar-refractivity contribution in [3.8, 4) is 6.07 Å². The van der Waals surface area contributed by atoms with Crippen molar-refractivity contribution in [2.45, 2.75) is 26.7 Å². The minimum absolute atomic E-state index is 0.0822. The number of ether oxygens (including phenoxy) is 1. The average molecular weight is 235 g/mol. The highest BCUT2D eigenvalue weighted by atomic mass is 16.5. The molecule has 2 atom stereocenters. The van der Waals surface area contributed by atoms with Crippen LogP contribution in [0.3, 0.4) is 0 Å². The molecule has 0 spiro atoms. The molecule has 0 saturated heterocycles. The Morgan fingerprint density at radius 3 is 2.88 bits per heavy atom. The summed E-state index contributed by atoms with van der Waals surface area (Å²) < 4.78 is 9.77. The molecule has 0 radical (unpaired) electrons. The van der Waals surface area contributed by atoms with E-state index in [1.165, 1.54) is 0 Å². The maximum Gasteiger partial charge on any atom is 0.379 e. The molecular weight excluding hydrogens is 222 g/mol. The smallest absolute Gasteiger partial charge is 0.379 e. The Balaban J connectivity index is 2.16. The molecule has 1 fully saturated rings.